The van der Waals surface area contributed by atoms with Gasteiger partial charge in [-0.2, -0.15) is 0 Å². The fraction of sp³-hybridized carbons (Fsp3) is 0.143. The number of nitrogens with one attached hydrogen (secondary N) is 2. The second-order valence-corrected chi connectivity index (χ2v) is 9.49. The third kappa shape index (κ3) is 5.31. The number of hydrogen-bond acceptors (Lipinski definition) is 5. The van der Waals surface area contributed by atoms with Gasteiger partial charge in [-0.1, -0.05) is 36.4 Å². The van der Waals surface area contributed by atoms with Gasteiger partial charge in [-0.25, -0.2) is 12.8 Å². The van der Waals surface area contributed by atoms with E-state index in [2.05, 4.69) is 10.6 Å². The molecule has 3 rings (SSSR count). The van der Waals surface area contributed by atoms with E-state index in [1.54, 1.807) is 29.6 Å². The van der Waals surface area contributed by atoms with Crippen LogP contribution in [0.15, 0.2) is 77.0 Å². The van der Waals surface area contributed by atoms with Crippen LogP contribution in [0.5, 0.6) is 0 Å². The number of carbonyl (C=O) groups excluding carboxylic acids is 2. The second kappa shape index (κ2) is 9.64. The van der Waals surface area contributed by atoms with Gasteiger partial charge in [-0.3, -0.25) is 9.59 Å². The average Bonchev–Trinajstić information content (AvgIpc) is 3.27. The summed E-state index contributed by atoms with van der Waals surface area (Å²) in [7, 11) is -3.92. The predicted molar refractivity (Wildman–Crippen MR) is 112 cm³/mol. The van der Waals surface area contributed by atoms with Crippen LogP contribution in [-0.2, 0) is 26.0 Å². The molecular formula is C21H19FN2O4S2. The third-order valence-electron chi connectivity index (χ3n) is 4.33. The highest BCUT2D eigenvalue weighted by Crippen LogP contribution is 2.31. The van der Waals surface area contributed by atoms with Crippen molar-refractivity contribution in [2.24, 2.45) is 0 Å². The fourth-order valence-corrected chi connectivity index (χ4v) is 5.53. The molecule has 0 bridgehead atoms. The molecule has 0 spiro atoms. The van der Waals surface area contributed by atoms with Gasteiger partial charge in [-0.05, 0) is 41.3 Å². The summed E-state index contributed by atoms with van der Waals surface area (Å²) in [6.07, 6.45) is 0. The van der Waals surface area contributed by atoms with Crippen LogP contribution in [0.4, 0.5) is 4.39 Å². The first kappa shape index (κ1) is 21.7. The summed E-state index contributed by atoms with van der Waals surface area (Å²) in [5, 5.41) is 5.51. The summed E-state index contributed by atoms with van der Waals surface area (Å²) in [6.45, 7) is -0.118. The van der Waals surface area contributed by atoms with Crippen molar-refractivity contribution in [1.82, 2.24) is 10.6 Å². The lowest BCUT2D eigenvalue weighted by Crippen LogP contribution is -2.42. The van der Waals surface area contributed by atoms with Gasteiger partial charge in [0.2, 0.25) is 0 Å². The minimum absolute atomic E-state index is 0.0647. The number of thiophene rings is 1. The summed E-state index contributed by atoms with van der Waals surface area (Å²) in [5.41, 5.74) is 0.828. The lowest BCUT2D eigenvalue weighted by atomic mass is 10.2. The second-order valence-electron chi connectivity index (χ2n) is 6.38. The molecule has 0 saturated heterocycles. The molecule has 0 aliphatic carbocycles. The molecule has 2 aromatic carbocycles. The zero-order valence-electron chi connectivity index (χ0n) is 15.7. The monoisotopic (exact) mass is 446 g/mol. The van der Waals surface area contributed by atoms with Gasteiger partial charge >= 0.3 is 11.8 Å². The molecule has 2 N–H and O–H groups in total. The molecule has 30 heavy (non-hydrogen) atoms. The highest BCUT2D eigenvalue weighted by molar-refractivity contribution is 7.91. The Balaban J connectivity index is 1.69. The maximum atomic E-state index is 13.2. The highest BCUT2D eigenvalue weighted by Gasteiger charge is 2.31. The molecule has 2 amide bonds. The average molecular weight is 447 g/mol. The van der Waals surface area contributed by atoms with Crippen LogP contribution in [0.1, 0.15) is 15.7 Å². The van der Waals surface area contributed by atoms with Gasteiger partial charge in [0.15, 0.2) is 9.84 Å². The van der Waals surface area contributed by atoms with E-state index in [-0.39, 0.29) is 18.0 Å². The molecule has 0 unspecified atom stereocenters. The van der Waals surface area contributed by atoms with Crippen molar-refractivity contribution in [2.45, 2.75) is 16.7 Å². The lowest BCUT2D eigenvalue weighted by molar-refractivity contribution is -0.139. The molecule has 1 atom stereocenters. The quantitative estimate of drug-likeness (QED) is 0.431. The van der Waals surface area contributed by atoms with E-state index in [0.29, 0.717) is 4.88 Å². The van der Waals surface area contributed by atoms with Gasteiger partial charge in [0.1, 0.15) is 11.1 Å². The number of amides is 2. The van der Waals surface area contributed by atoms with E-state index in [0.717, 1.165) is 17.7 Å². The molecule has 0 fully saturated rings. The van der Waals surface area contributed by atoms with E-state index >= 15 is 0 Å². The van der Waals surface area contributed by atoms with Crippen LogP contribution in [0.2, 0.25) is 0 Å². The Hall–Kier alpha value is -3.04. The van der Waals surface area contributed by atoms with Gasteiger partial charge in [-0.15, -0.1) is 11.3 Å². The number of carbonyl (C=O) groups is 2. The highest BCUT2D eigenvalue weighted by atomic mass is 32.2. The van der Waals surface area contributed by atoms with Crippen molar-refractivity contribution >= 4 is 33.0 Å². The number of rotatable bonds is 7. The molecule has 1 aromatic heterocycles. The maximum Gasteiger partial charge on any atom is 0.309 e. The van der Waals surface area contributed by atoms with Crippen LogP contribution in [-0.4, -0.2) is 26.8 Å². The maximum absolute atomic E-state index is 13.2. The summed E-state index contributed by atoms with van der Waals surface area (Å²) in [4.78, 5) is 24.7. The van der Waals surface area contributed by atoms with E-state index in [1.165, 1.54) is 23.5 Å². The molecule has 156 valence electrons. The van der Waals surface area contributed by atoms with E-state index in [1.807, 2.05) is 18.2 Å². The normalized spacial score (nSPS) is 12.2. The molecule has 6 nitrogen and oxygen atoms in total. The van der Waals surface area contributed by atoms with Crippen molar-refractivity contribution in [3.63, 3.8) is 0 Å². The predicted octanol–water partition coefficient (Wildman–Crippen LogP) is 2.83. The minimum atomic E-state index is -3.92. The molecule has 1 heterocycles. The SMILES string of the molecule is O=C(NCc1ccccc1)C(=O)NC[C@@H](c1cccs1)S(=O)(=O)c1ccc(F)cc1. The zero-order chi connectivity index (χ0) is 21.6. The summed E-state index contributed by atoms with van der Waals surface area (Å²) < 4.78 is 39.3. The number of benzene rings is 2. The van der Waals surface area contributed by atoms with E-state index in [4.69, 9.17) is 0 Å². The first-order valence-corrected chi connectivity index (χ1v) is 11.4. The minimum Gasteiger partial charge on any atom is -0.346 e. The molecule has 0 aliphatic rings. The van der Waals surface area contributed by atoms with E-state index in [9.17, 15) is 22.4 Å². The van der Waals surface area contributed by atoms with Crippen molar-refractivity contribution in [2.75, 3.05) is 6.54 Å². The van der Waals surface area contributed by atoms with Crippen LogP contribution in [0, 0.1) is 5.82 Å². The lowest BCUT2D eigenvalue weighted by Gasteiger charge is -2.17. The molecule has 9 heteroatoms. The van der Waals surface area contributed by atoms with Crippen LogP contribution in [0.25, 0.3) is 0 Å². The molecular weight excluding hydrogens is 427 g/mol. The first-order valence-electron chi connectivity index (χ1n) is 9.01. The summed E-state index contributed by atoms with van der Waals surface area (Å²) >= 11 is 1.22. The van der Waals surface area contributed by atoms with Crippen LogP contribution in [0.3, 0.4) is 0 Å². The molecule has 0 aliphatic heterocycles. The molecule has 3 aromatic rings. The van der Waals surface area contributed by atoms with Crippen LogP contribution < -0.4 is 10.6 Å². The Morgan fingerprint density at radius 2 is 1.57 bits per heavy atom. The van der Waals surface area contributed by atoms with Gasteiger partial charge in [0.25, 0.3) is 0 Å². The topological polar surface area (TPSA) is 92.3 Å². The standard InChI is InChI=1S/C21H19FN2O4S2/c22-16-8-10-17(11-9-16)30(27,28)19(18-7-4-12-29-18)14-24-21(26)20(25)23-13-15-5-2-1-3-6-15/h1-12,19H,13-14H2,(H,23,25)(H,24,26)/t19-/m0/s1. The molecule has 0 radical (unpaired) electrons. The van der Waals surface area contributed by atoms with Crippen LogP contribution >= 0.6 is 11.3 Å². The Kier molecular flexibility index (Phi) is 6.96. The Bertz CT molecular complexity index is 1100. The van der Waals surface area contributed by atoms with Gasteiger partial charge < -0.3 is 10.6 Å². The summed E-state index contributed by atoms with van der Waals surface area (Å²) in [5.74, 6) is -2.34. The third-order valence-corrected chi connectivity index (χ3v) is 7.56. The van der Waals surface area contributed by atoms with Gasteiger partial charge in [0, 0.05) is 18.0 Å². The Morgan fingerprint density at radius 1 is 0.900 bits per heavy atom. The summed E-state index contributed by atoms with van der Waals surface area (Å²) in [6, 6.07) is 16.9. The van der Waals surface area contributed by atoms with Crippen molar-refractivity contribution < 1.29 is 22.4 Å². The smallest absolute Gasteiger partial charge is 0.309 e. The number of sulfone groups is 1. The Morgan fingerprint density at radius 3 is 2.20 bits per heavy atom. The Labute approximate surface area is 177 Å². The number of hydrogen-bond donors (Lipinski definition) is 2. The van der Waals surface area contributed by atoms with Crippen molar-refractivity contribution in [1.29, 1.82) is 0 Å². The van der Waals surface area contributed by atoms with Crippen molar-refractivity contribution in [3.8, 4) is 0 Å². The zero-order valence-corrected chi connectivity index (χ0v) is 17.4. The van der Waals surface area contributed by atoms with Gasteiger partial charge in [0.05, 0.1) is 4.90 Å². The fourth-order valence-electron chi connectivity index (χ4n) is 2.75. The number of halogens is 1. The van der Waals surface area contributed by atoms with Crippen molar-refractivity contribution in [3.05, 3.63) is 88.4 Å². The van der Waals surface area contributed by atoms with E-state index < -0.39 is 32.7 Å². The first-order chi connectivity index (χ1) is 14.4. The molecule has 0 saturated carbocycles. The largest absolute Gasteiger partial charge is 0.346 e.